The topological polar surface area (TPSA) is 95.5 Å². The van der Waals surface area contributed by atoms with Crippen molar-refractivity contribution in [2.45, 2.75) is 37.1 Å². The molecule has 4 fully saturated rings. The van der Waals surface area contributed by atoms with Gasteiger partial charge in [0.1, 0.15) is 12.1 Å². The number of rotatable bonds is 3. The van der Waals surface area contributed by atoms with Crippen LogP contribution in [0.25, 0.3) is 0 Å². The van der Waals surface area contributed by atoms with Gasteiger partial charge in [-0.05, 0) is 25.3 Å². The highest BCUT2D eigenvalue weighted by Crippen LogP contribution is 2.27. The summed E-state index contributed by atoms with van der Waals surface area (Å²) in [7, 11) is 0. The number of piperidine rings is 2. The largest absolute Gasteiger partial charge is 0.314 e. The molecule has 4 N–H and O–H groups in total. The number of amides is 1. The summed E-state index contributed by atoms with van der Waals surface area (Å²) in [5.74, 6) is -0.538. The van der Waals surface area contributed by atoms with Gasteiger partial charge in [-0.25, -0.2) is 9.82 Å². The van der Waals surface area contributed by atoms with E-state index in [1.165, 1.54) is 0 Å². The molecule has 1 amide bonds. The fourth-order valence-electron chi connectivity index (χ4n) is 4.96. The average Bonchev–Trinajstić information content (AvgIpc) is 3.03. The van der Waals surface area contributed by atoms with Crippen molar-refractivity contribution in [1.82, 2.24) is 31.3 Å². The van der Waals surface area contributed by atoms with E-state index in [0.29, 0.717) is 37.5 Å². The summed E-state index contributed by atoms with van der Waals surface area (Å²) in [6.07, 6.45) is 0.895. The highest BCUT2D eigenvalue weighted by atomic mass is 19.1. The lowest BCUT2D eigenvalue weighted by atomic mass is 9.91. The third-order valence-electron chi connectivity index (χ3n) is 6.32. The van der Waals surface area contributed by atoms with Crippen LogP contribution >= 0.6 is 0 Å². The van der Waals surface area contributed by atoms with E-state index in [1.807, 2.05) is 0 Å². The van der Waals surface area contributed by atoms with Crippen LogP contribution in [0.2, 0.25) is 0 Å². The number of nitriles is 1. The second-order valence-electron chi connectivity index (χ2n) is 7.99. The summed E-state index contributed by atoms with van der Waals surface area (Å²) in [5, 5.41) is 16.2. The summed E-state index contributed by atoms with van der Waals surface area (Å²) in [6.45, 7) is 5.39. The molecule has 0 aromatic rings. The maximum absolute atomic E-state index is 13.7. The highest BCUT2D eigenvalue weighted by Gasteiger charge is 2.44. The number of likely N-dealkylation sites (tertiary alicyclic amines) is 1. The van der Waals surface area contributed by atoms with Crippen LogP contribution < -0.4 is 21.5 Å². The molecule has 0 aromatic carbocycles. The van der Waals surface area contributed by atoms with Gasteiger partial charge in [-0.1, -0.05) is 0 Å². The molecule has 4 aliphatic heterocycles. The van der Waals surface area contributed by atoms with Crippen molar-refractivity contribution in [3.05, 3.63) is 0 Å². The maximum atomic E-state index is 13.7. The Labute approximate surface area is 153 Å². The number of hydrogen-bond donors (Lipinski definition) is 4. The lowest BCUT2D eigenvalue weighted by Gasteiger charge is -2.44. The van der Waals surface area contributed by atoms with Gasteiger partial charge >= 0.3 is 0 Å². The van der Waals surface area contributed by atoms with Gasteiger partial charge in [0.2, 0.25) is 0 Å². The first-order valence-electron chi connectivity index (χ1n) is 9.64. The van der Waals surface area contributed by atoms with E-state index in [4.69, 9.17) is 0 Å². The fraction of sp³-hybridized carbons (Fsp3) is 0.882. The van der Waals surface area contributed by atoms with E-state index in [-0.39, 0.29) is 11.9 Å². The van der Waals surface area contributed by atoms with Gasteiger partial charge in [-0.15, -0.1) is 0 Å². The van der Waals surface area contributed by atoms with Gasteiger partial charge in [0.15, 0.2) is 0 Å². The van der Waals surface area contributed by atoms with E-state index in [2.05, 4.69) is 37.4 Å². The van der Waals surface area contributed by atoms with Crippen LogP contribution in [0.4, 0.5) is 4.39 Å². The molecule has 0 bridgehead atoms. The molecule has 26 heavy (non-hydrogen) atoms. The molecule has 9 heteroatoms. The third-order valence-corrected chi connectivity index (χ3v) is 6.32. The van der Waals surface area contributed by atoms with Crippen LogP contribution in [0.1, 0.15) is 12.8 Å². The lowest BCUT2D eigenvalue weighted by molar-refractivity contribution is -0.129. The monoisotopic (exact) mass is 365 g/mol. The van der Waals surface area contributed by atoms with Crippen LogP contribution in [-0.4, -0.2) is 85.9 Å². The van der Waals surface area contributed by atoms with E-state index in [0.717, 1.165) is 39.3 Å². The molecule has 0 radical (unpaired) electrons. The molecular formula is C17H28FN7O. The SMILES string of the molecule is N#CC1C(=O)NNCC1N1CCC2NCN(CC3CNCC(F)C3)C2C1. The minimum absolute atomic E-state index is 0.0938. The predicted molar refractivity (Wildman–Crippen MR) is 93.4 cm³/mol. The zero-order chi connectivity index (χ0) is 18.1. The van der Waals surface area contributed by atoms with Gasteiger partial charge in [-0.3, -0.25) is 25.3 Å². The second-order valence-corrected chi connectivity index (χ2v) is 7.99. The summed E-state index contributed by atoms with van der Waals surface area (Å²) < 4.78 is 13.7. The van der Waals surface area contributed by atoms with Crippen LogP contribution in [0.3, 0.4) is 0 Å². The number of carbonyl (C=O) groups excluding carboxylic acids is 1. The predicted octanol–water partition coefficient (Wildman–Crippen LogP) is -1.62. The minimum atomic E-state index is -0.744. The zero-order valence-corrected chi connectivity index (χ0v) is 15.0. The summed E-state index contributed by atoms with van der Waals surface area (Å²) >= 11 is 0. The Morgan fingerprint density at radius 2 is 2.15 bits per heavy atom. The average molecular weight is 365 g/mol. The van der Waals surface area contributed by atoms with E-state index >= 15 is 0 Å². The van der Waals surface area contributed by atoms with Crippen molar-refractivity contribution in [3.8, 4) is 6.07 Å². The lowest BCUT2D eigenvalue weighted by Crippen LogP contribution is -2.64. The first-order valence-corrected chi connectivity index (χ1v) is 9.64. The maximum Gasteiger partial charge on any atom is 0.253 e. The Balaban J connectivity index is 1.40. The van der Waals surface area contributed by atoms with Gasteiger partial charge < -0.3 is 5.32 Å². The molecular weight excluding hydrogens is 337 g/mol. The zero-order valence-electron chi connectivity index (χ0n) is 15.0. The Bertz CT molecular complexity index is 570. The van der Waals surface area contributed by atoms with Crippen molar-refractivity contribution in [2.24, 2.45) is 11.8 Å². The number of alkyl halides is 1. The molecule has 0 saturated carbocycles. The number of nitrogens with zero attached hydrogens (tertiary/aromatic N) is 3. The van der Waals surface area contributed by atoms with Gasteiger partial charge in [0.25, 0.3) is 5.91 Å². The van der Waals surface area contributed by atoms with Gasteiger partial charge in [-0.2, -0.15) is 5.26 Å². The highest BCUT2D eigenvalue weighted by molar-refractivity contribution is 5.82. The number of fused-ring (bicyclic) bond motifs is 1. The molecule has 6 unspecified atom stereocenters. The number of hydrazine groups is 1. The fourth-order valence-corrected chi connectivity index (χ4v) is 4.96. The smallest absolute Gasteiger partial charge is 0.253 e. The first kappa shape index (κ1) is 18.1. The third kappa shape index (κ3) is 3.57. The quantitative estimate of drug-likeness (QED) is 0.478. The van der Waals surface area contributed by atoms with Crippen molar-refractivity contribution in [2.75, 3.05) is 45.9 Å². The van der Waals surface area contributed by atoms with Gasteiger partial charge in [0, 0.05) is 57.5 Å². The number of hydrogen-bond acceptors (Lipinski definition) is 7. The molecule has 4 saturated heterocycles. The Morgan fingerprint density at radius 1 is 1.27 bits per heavy atom. The van der Waals surface area contributed by atoms with Crippen LogP contribution in [0.5, 0.6) is 0 Å². The van der Waals surface area contributed by atoms with Crippen LogP contribution in [0.15, 0.2) is 0 Å². The van der Waals surface area contributed by atoms with Gasteiger partial charge in [0.05, 0.1) is 6.07 Å². The van der Waals surface area contributed by atoms with E-state index < -0.39 is 12.1 Å². The Kier molecular flexibility index (Phi) is 5.38. The molecule has 4 heterocycles. The van der Waals surface area contributed by atoms with Crippen molar-refractivity contribution in [3.63, 3.8) is 0 Å². The first-order chi connectivity index (χ1) is 12.7. The normalized spacial score (nSPS) is 42.1. The summed E-state index contributed by atoms with van der Waals surface area (Å²) in [6, 6.07) is 2.87. The van der Waals surface area contributed by atoms with Crippen LogP contribution in [-0.2, 0) is 4.79 Å². The van der Waals surface area contributed by atoms with E-state index in [9.17, 15) is 14.4 Å². The van der Waals surface area contributed by atoms with Crippen molar-refractivity contribution in [1.29, 1.82) is 5.26 Å². The minimum Gasteiger partial charge on any atom is -0.314 e. The Hall–Kier alpha value is -1.31. The summed E-state index contributed by atoms with van der Waals surface area (Å²) in [4.78, 5) is 16.7. The molecule has 6 atom stereocenters. The summed E-state index contributed by atoms with van der Waals surface area (Å²) in [5.41, 5.74) is 5.48. The number of carbonyl (C=O) groups is 1. The molecule has 144 valence electrons. The molecule has 0 aromatic heterocycles. The number of nitrogens with one attached hydrogen (secondary N) is 4. The van der Waals surface area contributed by atoms with Crippen LogP contribution in [0, 0.1) is 23.2 Å². The van der Waals surface area contributed by atoms with Crippen molar-refractivity contribution < 1.29 is 9.18 Å². The van der Waals surface area contributed by atoms with Crippen molar-refractivity contribution >= 4 is 5.91 Å². The molecule has 0 spiro atoms. The Morgan fingerprint density at radius 3 is 2.96 bits per heavy atom. The molecule has 4 rings (SSSR count). The second kappa shape index (κ2) is 7.74. The van der Waals surface area contributed by atoms with E-state index in [1.54, 1.807) is 0 Å². The molecule has 8 nitrogen and oxygen atoms in total. The molecule has 4 aliphatic rings. The standard InChI is InChI=1S/C17H28FN7O/c18-12-3-11(5-20-6-12)8-25-10-21-14-1-2-24(9-16(14)25)15-7-22-23-17(26)13(15)4-19/h11-16,20-22H,1-3,5-10H2,(H,23,26). The molecule has 0 aliphatic carbocycles. The number of halogens is 1.